The third-order valence-corrected chi connectivity index (χ3v) is 6.85. The lowest BCUT2D eigenvalue weighted by molar-refractivity contribution is -0.175. The summed E-state index contributed by atoms with van der Waals surface area (Å²) in [5, 5.41) is 22.5. The Morgan fingerprint density at radius 3 is 2.52 bits per heavy atom. The molecule has 1 saturated carbocycles. The van der Waals surface area contributed by atoms with Crippen LogP contribution in [-0.2, 0) is 17.7 Å². The van der Waals surface area contributed by atoms with Crippen LogP contribution in [0, 0.1) is 5.92 Å². The summed E-state index contributed by atoms with van der Waals surface area (Å²) >= 11 is 0. The van der Waals surface area contributed by atoms with E-state index < -0.39 is 11.7 Å². The van der Waals surface area contributed by atoms with Crippen LogP contribution < -0.4 is 0 Å². The summed E-state index contributed by atoms with van der Waals surface area (Å²) in [6.07, 6.45) is 1.87. The SMILES string of the molecule is O[C@@H]1C[C@@H]2C[C@H](c3ccccc3)OC[C@@]2(O)[C@H]1N1CCc2ccccc2C1. The van der Waals surface area contributed by atoms with Gasteiger partial charge in [-0.3, -0.25) is 4.90 Å². The van der Waals surface area contributed by atoms with E-state index in [9.17, 15) is 10.2 Å². The molecule has 0 aromatic heterocycles. The standard InChI is InChI=1S/C23H27NO3/c25-20-12-19-13-21(17-7-2-1-3-8-17)27-15-23(19,26)22(20)24-11-10-16-6-4-5-9-18(16)14-24/h1-9,19-22,25-26H,10-15H2/t19-,20-,21-,22+,23+/m1/s1. The molecule has 2 aromatic rings. The third-order valence-electron chi connectivity index (χ3n) is 6.85. The van der Waals surface area contributed by atoms with Crippen LogP contribution in [0.3, 0.4) is 0 Å². The van der Waals surface area contributed by atoms with E-state index in [1.54, 1.807) is 0 Å². The van der Waals surface area contributed by atoms with Crippen LogP contribution in [0.5, 0.6) is 0 Å². The van der Waals surface area contributed by atoms with Crippen LogP contribution >= 0.6 is 0 Å². The van der Waals surface area contributed by atoms with Crippen LogP contribution in [0.1, 0.15) is 35.6 Å². The Balaban J connectivity index is 1.37. The molecule has 0 spiro atoms. The van der Waals surface area contributed by atoms with Gasteiger partial charge in [0.05, 0.1) is 24.9 Å². The zero-order valence-corrected chi connectivity index (χ0v) is 15.5. The first-order valence-electron chi connectivity index (χ1n) is 10.0. The van der Waals surface area contributed by atoms with Crippen molar-refractivity contribution >= 4 is 0 Å². The molecular formula is C23H27NO3. The number of fused-ring (bicyclic) bond motifs is 2. The number of nitrogens with zero attached hydrogens (tertiary/aromatic N) is 1. The van der Waals surface area contributed by atoms with Crippen LogP contribution in [0.4, 0.5) is 0 Å². The number of rotatable bonds is 2. The number of ether oxygens (including phenoxy) is 1. The van der Waals surface area contributed by atoms with Gasteiger partial charge in [-0.15, -0.1) is 0 Å². The number of hydrogen-bond donors (Lipinski definition) is 2. The van der Waals surface area contributed by atoms with Crippen LogP contribution in [-0.4, -0.2) is 46.0 Å². The Labute approximate surface area is 160 Å². The van der Waals surface area contributed by atoms with E-state index in [-0.39, 0.29) is 24.7 Å². The monoisotopic (exact) mass is 365 g/mol. The molecule has 142 valence electrons. The third kappa shape index (κ3) is 2.92. The second kappa shape index (κ2) is 6.71. The van der Waals surface area contributed by atoms with E-state index in [1.807, 2.05) is 18.2 Å². The number of aliphatic hydroxyl groups excluding tert-OH is 1. The van der Waals surface area contributed by atoms with Crippen molar-refractivity contribution in [2.24, 2.45) is 5.92 Å². The first kappa shape index (κ1) is 17.4. The Kier molecular flexibility index (Phi) is 4.32. The summed E-state index contributed by atoms with van der Waals surface area (Å²) < 4.78 is 6.13. The number of benzene rings is 2. The maximum atomic E-state index is 11.6. The average Bonchev–Trinajstić information content (AvgIpc) is 2.97. The molecule has 2 fully saturated rings. The molecule has 2 aromatic carbocycles. The minimum Gasteiger partial charge on any atom is -0.391 e. The van der Waals surface area contributed by atoms with Gasteiger partial charge in [-0.25, -0.2) is 0 Å². The van der Waals surface area contributed by atoms with Crippen molar-refractivity contribution in [3.05, 3.63) is 71.3 Å². The van der Waals surface area contributed by atoms with Gasteiger partial charge in [-0.2, -0.15) is 0 Å². The molecule has 27 heavy (non-hydrogen) atoms. The van der Waals surface area contributed by atoms with Crippen molar-refractivity contribution in [3.8, 4) is 0 Å². The topological polar surface area (TPSA) is 52.9 Å². The largest absolute Gasteiger partial charge is 0.391 e. The van der Waals surface area contributed by atoms with Gasteiger partial charge in [0.1, 0.15) is 5.60 Å². The molecule has 2 aliphatic heterocycles. The van der Waals surface area contributed by atoms with E-state index in [0.717, 1.165) is 31.5 Å². The van der Waals surface area contributed by atoms with Gasteiger partial charge < -0.3 is 14.9 Å². The predicted molar refractivity (Wildman–Crippen MR) is 103 cm³/mol. The van der Waals surface area contributed by atoms with Gasteiger partial charge >= 0.3 is 0 Å². The molecule has 3 aliphatic rings. The van der Waals surface area contributed by atoms with Gasteiger partial charge in [0.25, 0.3) is 0 Å². The summed E-state index contributed by atoms with van der Waals surface area (Å²) in [5.41, 5.74) is 2.87. The van der Waals surface area contributed by atoms with Gasteiger partial charge in [-0.1, -0.05) is 54.6 Å². The van der Waals surface area contributed by atoms with Crippen molar-refractivity contribution in [1.82, 2.24) is 4.90 Å². The zero-order chi connectivity index (χ0) is 18.4. The van der Waals surface area contributed by atoms with E-state index in [2.05, 4.69) is 41.3 Å². The summed E-state index contributed by atoms with van der Waals surface area (Å²) in [4.78, 5) is 2.28. The molecule has 2 N–H and O–H groups in total. The molecule has 0 radical (unpaired) electrons. The number of aliphatic hydroxyl groups is 2. The Morgan fingerprint density at radius 1 is 0.963 bits per heavy atom. The second-order valence-corrected chi connectivity index (χ2v) is 8.37. The fourth-order valence-electron chi connectivity index (χ4n) is 5.48. The summed E-state index contributed by atoms with van der Waals surface area (Å²) in [6, 6.07) is 18.5. The van der Waals surface area contributed by atoms with Gasteiger partial charge in [0.2, 0.25) is 0 Å². The normalized spacial score (nSPS) is 36.2. The summed E-state index contributed by atoms with van der Waals surface area (Å²) in [6.45, 7) is 1.95. The van der Waals surface area contributed by atoms with Crippen molar-refractivity contribution in [2.75, 3.05) is 13.2 Å². The van der Waals surface area contributed by atoms with Crippen LogP contribution in [0.25, 0.3) is 0 Å². The molecule has 5 rings (SSSR count). The van der Waals surface area contributed by atoms with E-state index in [0.29, 0.717) is 6.42 Å². The Morgan fingerprint density at radius 2 is 1.70 bits per heavy atom. The van der Waals surface area contributed by atoms with Crippen molar-refractivity contribution in [2.45, 2.75) is 49.7 Å². The molecule has 2 heterocycles. The highest BCUT2D eigenvalue weighted by molar-refractivity contribution is 5.30. The maximum absolute atomic E-state index is 11.6. The predicted octanol–water partition coefficient (Wildman–Crippen LogP) is 2.69. The highest BCUT2D eigenvalue weighted by atomic mass is 16.5. The lowest BCUT2D eigenvalue weighted by atomic mass is 9.80. The molecule has 0 amide bonds. The summed E-state index contributed by atoms with van der Waals surface area (Å²) in [7, 11) is 0. The fraction of sp³-hybridized carbons (Fsp3) is 0.478. The molecular weight excluding hydrogens is 338 g/mol. The van der Waals surface area contributed by atoms with Crippen LogP contribution in [0.2, 0.25) is 0 Å². The van der Waals surface area contributed by atoms with Gasteiger partial charge in [0.15, 0.2) is 0 Å². The Bertz CT molecular complexity index is 810. The zero-order valence-electron chi connectivity index (χ0n) is 15.5. The van der Waals surface area contributed by atoms with E-state index in [1.165, 1.54) is 11.1 Å². The smallest absolute Gasteiger partial charge is 0.109 e. The molecule has 0 bridgehead atoms. The second-order valence-electron chi connectivity index (χ2n) is 8.37. The van der Waals surface area contributed by atoms with Crippen LogP contribution in [0.15, 0.2) is 54.6 Å². The molecule has 5 atom stereocenters. The minimum atomic E-state index is -0.975. The first-order valence-corrected chi connectivity index (χ1v) is 10.0. The number of hydrogen-bond acceptors (Lipinski definition) is 4. The highest BCUT2D eigenvalue weighted by Gasteiger charge is 2.58. The first-order chi connectivity index (χ1) is 13.1. The fourth-order valence-corrected chi connectivity index (χ4v) is 5.48. The lowest BCUT2D eigenvalue weighted by Crippen LogP contribution is -2.60. The quantitative estimate of drug-likeness (QED) is 0.859. The van der Waals surface area contributed by atoms with Crippen molar-refractivity contribution < 1.29 is 14.9 Å². The van der Waals surface area contributed by atoms with Gasteiger partial charge in [-0.05, 0) is 41.9 Å². The molecule has 4 nitrogen and oxygen atoms in total. The Hall–Kier alpha value is -1.72. The summed E-state index contributed by atoms with van der Waals surface area (Å²) in [5.74, 6) is 0.0635. The van der Waals surface area contributed by atoms with Crippen molar-refractivity contribution in [3.63, 3.8) is 0 Å². The molecule has 0 unspecified atom stereocenters. The highest BCUT2D eigenvalue weighted by Crippen LogP contribution is 2.48. The lowest BCUT2D eigenvalue weighted by Gasteiger charge is -2.46. The molecule has 1 saturated heterocycles. The van der Waals surface area contributed by atoms with Crippen molar-refractivity contribution in [1.29, 1.82) is 0 Å². The molecule has 1 aliphatic carbocycles. The molecule has 4 heteroatoms. The van der Waals surface area contributed by atoms with E-state index in [4.69, 9.17) is 4.74 Å². The minimum absolute atomic E-state index is 0.00417. The maximum Gasteiger partial charge on any atom is 0.109 e. The van der Waals surface area contributed by atoms with E-state index >= 15 is 0 Å². The average molecular weight is 365 g/mol. The van der Waals surface area contributed by atoms with Gasteiger partial charge in [0, 0.05) is 13.1 Å².